The zero-order valence-electron chi connectivity index (χ0n) is 39.7. The molecular weight excluding hydrogens is 931 g/mol. The van der Waals surface area contributed by atoms with Crippen LogP contribution in [0.2, 0.25) is 0 Å². The van der Waals surface area contributed by atoms with Crippen LogP contribution in [0.1, 0.15) is 75.4 Å². The molecule has 8 rings (SSSR count). The van der Waals surface area contributed by atoms with Gasteiger partial charge in [0, 0.05) is 88.4 Å². The molecular formula is C51H61N9O10S. The van der Waals surface area contributed by atoms with Gasteiger partial charge in [-0.05, 0) is 73.4 Å². The third-order valence-corrected chi connectivity index (χ3v) is 13.7. The lowest BCUT2D eigenvalue weighted by molar-refractivity contribution is -0.154. The average molecular weight is 992 g/mol. The summed E-state index contributed by atoms with van der Waals surface area (Å²) in [6.07, 6.45) is 6.29. The van der Waals surface area contributed by atoms with Crippen molar-refractivity contribution in [2.45, 2.75) is 62.8 Å². The molecule has 4 amide bonds. The number of piperidine rings is 2. The standard InChI is InChI=1S/C51H61N9O10S/c52-30-36-3-5-37(6-4-36)32-59-18-13-40(14-19-59)57-48(62)38-7-12-43(54-31-38)49(63)60-20-15-42(16-21-60)70-41-10-8-39(9-11-41)58-50(64)51(47-46-44(33-71-47)55-35-56-46)34-68-29-28-67-27-26-66-25-24-65-23-17-53-45(61)2-1-22-69-51/h3-12,31,33,35,40,42H,1-2,13-29,32,34H2,(H,53,61)(H,55,56)(H,57,62)(H,58,64). The third-order valence-electron chi connectivity index (χ3n) is 12.6. The number of likely N-dealkylation sites (tertiary alicyclic amines) is 2. The fourth-order valence-electron chi connectivity index (χ4n) is 8.63. The quantitative estimate of drug-likeness (QED) is 0.147. The second-order valence-corrected chi connectivity index (χ2v) is 18.5. The van der Waals surface area contributed by atoms with Gasteiger partial charge in [-0.25, -0.2) is 4.98 Å². The summed E-state index contributed by atoms with van der Waals surface area (Å²) < 4.78 is 35.8. The Morgan fingerprint density at radius 2 is 1.56 bits per heavy atom. The zero-order valence-corrected chi connectivity index (χ0v) is 40.6. The van der Waals surface area contributed by atoms with Crippen molar-refractivity contribution in [1.29, 1.82) is 5.26 Å². The Kier molecular flexibility index (Phi) is 18.5. The molecule has 3 aromatic heterocycles. The van der Waals surface area contributed by atoms with Crippen molar-refractivity contribution in [3.8, 4) is 11.8 Å². The van der Waals surface area contributed by atoms with E-state index in [0.29, 0.717) is 105 Å². The molecule has 2 aromatic carbocycles. The van der Waals surface area contributed by atoms with E-state index >= 15 is 0 Å². The minimum atomic E-state index is -1.63. The molecule has 3 saturated heterocycles. The van der Waals surface area contributed by atoms with Crippen LogP contribution in [0.5, 0.6) is 5.75 Å². The molecule has 3 aliphatic heterocycles. The summed E-state index contributed by atoms with van der Waals surface area (Å²) in [6, 6.07) is 20.2. The number of benzene rings is 2. The van der Waals surface area contributed by atoms with Crippen LogP contribution < -0.4 is 20.7 Å². The molecule has 1 unspecified atom stereocenters. The second kappa shape index (κ2) is 25.7. The van der Waals surface area contributed by atoms with Crippen LogP contribution in [-0.2, 0) is 45.4 Å². The number of nitrogens with zero attached hydrogens (tertiary/aromatic N) is 5. The van der Waals surface area contributed by atoms with Crippen LogP contribution in [0.25, 0.3) is 11.0 Å². The first-order valence-corrected chi connectivity index (χ1v) is 25.1. The highest BCUT2D eigenvalue weighted by Gasteiger charge is 2.45. The highest BCUT2D eigenvalue weighted by atomic mass is 32.1. The number of nitrogens with one attached hydrogen (secondary N) is 4. The summed E-state index contributed by atoms with van der Waals surface area (Å²) in [5.41, 5.74) is 2.70. The normalized spacial score (nSPS) is 20.3. The maximum atomic E-state index is 14.6. The van der Waals surface area contributed by atoms with Gasteiger partial charge in [0.2, 0.25) is 11.5 Å². The summed E-state index contributed by atoms with van der Waals surface area (Å²) in [5.74, 6) is -0.418. The van der Waals surface area contributed by atoms with Gasteiger partial charge >= 0.3 is 0 Å². The molecule has 3 fully saturated rings. The fourth-order valence-corrected chi connectivity index (χ4v) is 9.72. The second-order valence-electron chi connectivity index (χ2n) is 17.6. The number of amides is 4. The highest BCUT2D eigenvalue weighted by molar-refractivity contribution is 7.11. The zero-order chi connectivity index (χ0) is 49.3. The molecule has 0 spiro atoms. The molecule has 6 heterocycles. The molecule has 0 bridgehead atoms. The van der Waals surface area contributed by atoms with Gasteiger partial charge in [-0.15, -0.1) is 11.3 Å². The Hall–Kier alpha value is -6.31. The van der Waals surface area contributed by atoms with Crippen LogP contribution in [-0.4, -0.2) is 153 Å². The molecule has 4 N–H and O–H groups in total. The molecule has 3 aliphatic rings. The van der Waals surface area contributed by atoms with Crippen molar-refractivity contribution < 1.29 is 47.6 Å². The lowest BCUT2D eigenvalue weighted by Gasteiger charge is -2.32. The first-order chi connectivity index (χ1) is 34.8. The summed E-state index contributed by atoms with van der Waals surface area (Å²) in [5, 5.41) is 20.0. The van der Waals surface area contributed by atoms with E-state index in [9.17, 15) is 19.2 Å². The van der Waals surface area contributed by atoms with E-state index in [1.165, 1.54) is 17.5 Å². The van der Waals surface area contributed by atoms with Crippen molar-refractivity contribution in [3.05, 3.63) is 106 Å². The van der Waals surface area contributed by atoms with Gasteiger partial charge in [-0.1, -0.05) is 12.1 Å². The van der Waals surface area contributed by atoms with Gasteiger partial charge in [-0.3, -0.25) is 29.1 Å². The van der Waals surface area contributed by atoms with Crippen LogP contribution >= 0.6 is 11.3 Å². The smallest absolute Gasteiger partial charge is 0.272 e. The van der Waals surface area contributed by atoms with Crippen molar-refractivity contribution in [1.82, 2.24) is 35.4 Å². The summed E-state index contributed by atoms with van der Waals surface area (Å²) >= 11 is 1.34. The van der Waals surface area contributed by atoms with Gasteiger partial charge in [-0.2, -0.15) is 5.26 Å². The number of carbonyl (C=O) groups excluding carboxylic acids is 4. The van der Waals surface area contributed by atoms with E-state index in [4.69, 9.17) is 33.7 Å². The molecule has 376 valence electrons. The Balaban J connectivity index is 0.816. The van der Waals surface area contributed by atoms with Crippen molar-refractivity contribution in [2.24, 2.45) is 0 Å². The topological polar surface area (TPSA) is 232 Å². The monoisotopic (exact) mass is 991 g/mol. The van der Waals surface area contributed by atoms with Crippen LogP contribution in [0.4, 0.5) is 5.69 Å². The minimum Gasteiger partial charge on any atom is -0.490 e. The van der Waals surface area contributed by atoms with E-state index in [1.807, 2.05) is 29.6 Å². The Bertz CT molecular complexity index is 2550. The van der Waals surface area contributed by atoms with Crippen LogP contribution in [0, 0.1) is 11.3 Å². The maximum absolute atomic E-state index is 14.6. The lowest BCUT2D eigenvalue weighted by atomic mass is 10.00. The van der Waals surface area contributed by atoms with Gasteiger partial charge in [0.05, 0.1) is 86.8 Å². The number of fused-ring (bicyclic) bond motifs is 1. The molecule has 5 aromatic rings. The van der Waals surface area contributed by atoms with E-state index in [2.05, 4.69) is 41.9 Å². The number of nitriles is 1. The van der Waals surface area contributed by atoms with Gasteiger partial charge in [0.25, 0.3) is 17.7 Å². The lowest BCUT2D eigenvalue weighted by Crippen LogP contribution is -2.47. The molecule has 19 nitrogen and oxygen atoms in total. The predicted molar refractivity (Wildman–Crippen MR) is 263 cm³/mol. The maximum Gasteiger partial charge on any atom is 0.272 e. The number of imidazole rings is 1. The molecule has 0 radical (unpaired) electrons. The van der Waals surface area contributed by atoms with Crippen molar-refractivity contribution in [3.63, 3.8) is 0 Å². The first kappa shape index (κ1) is 51.1. The van der Waals surface area contributed by atoms with Crippen molar-refractivity contribution >= 4 is 51.7 Å². The molecule has 0 aliphatic carbocycles. The fraction of sp³-hybridized carbons (Fsp3) is 0.471. The molecule has 0 saturated carbocycles. The van der Waals surface area contributed by atoms with E-state index < -0.39 is 11.5 Å². The van der Waals surface area contributed by atoms with E-state index in [-0.39, 0.29) is 68.4 Å². The first-order valence-electron chi connectivity index (χ1n) is 24.2. The molecule has 71 heavy (non-hydrogen) atoms. The highest BCUT2D eigenvalue weighted by Crippen LogP contribution is 2.38. The number of ether oxygens (including phenoxy) is 6. The number of carbonyl (C=O) groups is 4. The van der Waals surface area contributed by atoms with Gasteiger partial charge < -0.3 is 54.3 Å². The number of hydrogen-bond donors (Lipinski definition) is 4. The summed E-state index contributed by atoms with van der Waals surface area (Å²) in [6.45, 7) is 6.16. The number of anilines is 1. The van der Waals surface area contributed by atoms with Gasteiger partial charge in [0.15, 0.2) is 0 Å². The third kappa shape index (κ3) is 14.2. The largest absolute Gasteiger partial charge is 0.490 e. The predicted octanol–water partition coefficient (Wildman–Crippen LogP) is 4.80. The van der Waals surface area contributed by atoms with Gasteiger partial charge in [0.1, 0.15) is 23.1 Å². The molecule has 20 heteroatoms. The Morgan fingerprint density at radius 3 is 2.27 bits per heavy atom. The number of thiophene rings is 1. The minimum absolute atomic E-state index is 0.0468. The van der Waals surface area contributed by atoms with E-state index in [1.54, 1.807) is 47.6 Å². The molecule has 1 atom stereocenters. The number of aromatic amines is 1. The Labute approximate surface area is 416 Å². The number of rotatable bonds is 10. The van der Waals surface area contributed by atoms with Crippen LogP contribution in [0.3, 0.4) is 0 Å². The number of H-pyrrole nitrogens is 1. The average Bonchev–Trinajstić information content (AvgIpc) is 4.04. The van der Waals surface area contributed by atoms with Crippen LogP contribution in [0.15, 0.2) is 78.6 Å². The van der Waals surface area contributed by atoms with Crippen molar-refractivity contribution in [2.75, 3.05) is 97.5 Å². The number of hydrogen-bond acceptors (Lipinski definition) is 15. The Morgan fingerprint density at radius 1 is 0.845 bits per heavy atom. The summed E-state index contributed by atoms with van der Waals surface area (Å²) in [7, 11) is 0. The number of pyridine rings is 1. The SMILES string of the molecule is N#Cc1ccc(CN2CCC(NC(=O)c3ccc(C(=O)N4CCC(Oc5ccc(NC(=O)C6(c7scc8[nH]cnc78)COCCOCCOCCOCCNC(=O)CCCO6)cc5)CC4)nc3)CC2)cc1. The van der Waals surface area contributed by atoms with E-state index in [0.717, 1.165) is 43.6 Å². The summed E-state index contributed by atoms with van der Waals surface area (Å²) in [4.78, 5) is 70.5. The number of aromatic nitrogens is 3.